The van der Waals surface area contributed by atoms with E-state index < -0.39 is 0 Å². The molecule has 3 heteroatoms. The molecule has 0 fully saturated rings. The fourth-order valence-electron chi connectivity index (χ4n) is 2.03. The van der Waals surface area contributed by atoms with Crippen molar-refractivity contribution >= 4 is 0 Å². The second kappa shape index (κ2) is 5.05. The van der Waals surface area contributed by atoms with Gasteiger partial charge < -0.3 is 0 Å². The van der Waals surface area contributed by atoms with Crippen LogP contribution in [0.2, 0.25) is 0 Å². The van der Waals surface area contributed by atoms with E-state index in [-0.39, 0.29) is 0 Å². The fraction of sp³-hybridized carbons (Fsp3) is 0.333. The van der Waals surface area contributed by atoms with E-state index in [0.29, 0.717) is 11.5 Å². The molecule has 0 saturated heterocycles. The van der Waals surface area contributed by atoms with E-state index in [1.54, 1.807) is 0 Å². The first-order chi connectivity index (χ1) is 8.60. The molecular weight excluding hydrogens is 222 g/mol. The number of hydrogen-bond acceptors (Lipinski definition) is 2. The summed E-state index contributed by atoms with van der Waals surface area (Å²) in [6, 6.07) is 7.91. The van der Waals surface area contributed by atoms with E-state index in [2.05, 4.69) is 31.2 Å². The van der Waals surface area contributed by atoms with Gasteiger partial charge in [0.1, 0.15) is 0 Å². The van der Waals surface area contributed by atoms with Crippen molar-refractivity contribution in [2.45, 2.75) is 27.3 Å². The number of hydrogen-bond donors (Lipinski definition) is 0. The molecule has 0 N–H and O–H groups in total. The van der Waals surface area contributed by atoms with Crippen LogP contribution in [0.1, 0.15) is 25.0 Å². The molecule has 2 aromatic rings. The topological polar surface area (TPSA) is 41.6 Å². The number of aryl methyl sites for hydroxylation is 1. The van der Waals surface area contributed by atoms with Gasteiger partial charge in [-0.2, -0.15) is 10.4 Å². The highest BCUT2D eigenvalue weighted by molar-refractivity contribution is 5.66. The van der Waals surface area contributed by atoms with E-state index in [1.807, 2.05) is 36.0 Å². The highest BCUT2D eigenvalue weighted by Crippen LogP contribution is 2.23. The molecule has 92 valence electrons. The Bertz CT molecular complexity index is 588. The SMILES string of the molecule is Cc1cc(C#N)ccc1-c1cnn(CC(C)C)c1. The van der Waals surface area contributed by atoms with Gasteiger partial charge in [0.2, 0.25) is 0 Å². The van der Waals surface area contributed by atoms with Gasteiger partial charge in [-0.15, -0.1) is 0 Å². The van der Waals surface area contributed by atoms with Crippen LogP contribution < -0.4 is 0 Å². The van der Waals surface area contributed by atoms with E-state index in [0.717, 1.165) is 23.2 Å². The molecule has 0 amide bonds. The summed E-state index contributed by atoms with van der Waals surface area (Å²) < 4.78 is 1.97. The number of rotatable bonds is 3. The van der Waals surface area contributed by atoms with Gasteiger partial charge >= 0.3 is 0 Å². The van der Waals surface area contributed by atoms with Gasteiger partial charge in [0.15, 0.2) is 0 Å². The lowest BCUT2D eigenvalue weighted by Crippen LogP contribution is -2.03. The van der Waals surface area contributed by atoms with Crippen molar-refractivity contribution in [3.8, 4) is 17.2 Å². The van der Waals surface area contributed by atoms with Gasteiger partial charge in [-0.3, -0.25) is 4.68 Å². The molecule has 1 aromatic carbocycles. The van der Waals surface area contributed by atoms with Crippen LogP contribution in [0.4, 0.5) is 0 Å². The lowest BCUT2D eigenvalue weighted by molar-refractivity contribution is 0.483. The summed E-state index contributed by atoms with van der Waals surface area (Å²) in [6.45, 7) is 7.30. The first kappa shape index (κ1) is 12.4. The molecule has 0 spiro atoms. The first-order valence-electron chi connectivity index (χ1n) is 6.13. The zero-order chi connectivity index (χ0) is 13.1. The monoisotopic (exact) mass is 239 g/mol. The first-order valence-corrected chi connectivity index (χ1v) is 6.13. The zero-order valence-electron chi connectivity index (χ0n) is 11.0. The molecule has 0 saturated carbocycles. The van der Waals surface area contributed by atoms with Crippen LogP contribution in [0.3, 0.4) is 0 Å². The molecule has 0 aliphatic heterocycles. The van der Waals surface area contributed by atoms with Crippen molar-refractivity contribution in [2.24, 2.45) is 5.92 Å². The van der Waals surface area contributed by atoms with Gasteiger partial charge in [-0.05, 0) is 36.1 Å². The highest BCUT2D eigenvalue weighted by atomic mass is 15.3. The van der Waals surface area contributed by atoms with Crippen LogP contribution >= 0.6 is 0 Å². The summed E-state index contributed by atoms with van der Waals surface area (Å²) >= 11 is 0. The summed E-state index contributed by atoms with van der Waals surface area (Å²) in [5.74, 6) is 0.583. The smallest absolute Gasteiger partial charge is 0.0991 e. The van der Waals surface area contributed by atoms with Crippen molar-refractivity contribution in [1.82, 2.24) is 9.78 Å². The van der Waals surface area contributed by atoms with Crippen LogP contribution in [-0.2, 0) is 6.54 Å². The van der Waals surface area contributed by atoms with Crippen molar-refractivity contribution in [2.75, 3.05) is 0 Å². The quantitative estimate of drug-likeness (QED) is 0.823. The lowest BCUT2D eigenvalue weighted by Gasteiger charge is -2.05. The predicted molar refractivity (Wildman–Crippen MR) is 72.0 cm³/mol. The van der Waals surface area contributed by atoms with Gasteiger partial charge in [0, 0.05) is 18.3 Å². The zero-order valence-corrected chi connectivity index (χ0v) is 11.0. The Morgan fingerprint density at radius 3 is 2.78 bits per heavy atom. The van der Waals surface area contributed by atoms with Crippen LogP contribution in [0.15, 0.2) is 30.6 Å². The summed E-state index contributed by atoms with van der Waals surface area (Å²) in [5, 5.41) is 13.2. The number of nitriles is 1. The van der Waals surface area contributed by atoms with E-state index in [4.69, 9.17) is 5.26 Å². The van der Waals surface area contributed by atoms with Gasteiger partial charge in [0.25, 0.3) is 0 Å². The van der Waals surface area contributed by atoms with Gasteiger partial charge in [-0.25, -0.2) is 0 Å². The minimum Gasteiger partial charge on any atom is -0.272 e. The predicted octanol–water partition coefficient (Wildman–Crippen LogP) is 3.39. The molecule has 0 unspecified atom stereocenters. The Hall–Kier alpha value is -2.08. The van der Waals surface area contributed by atoms with E-state index >= 15 is 0 Å². The summed E-state index contributed by atoms with van der Waals surface area (Å²) in [7, 11) is 0. The van der Waals surface area contributed by atoms with Crippen molar-refractivity contribution in [1.29, 1.82) is 5.26 Å². The molecule has 3 nitrogen and oxygen atoms in total. The molecule has 0 aliphatic carbocycles. The molecule has 0 bridgehead atoms. The normalized spacial score (nSPS) is 10.6. The van der Waals surface area contributed by atoms with Crippen molar-refractivity contribution < 1.29 is 0 Å². The van der Waals surface area contributed by atoms with Crippen LogP contribution in [0.25, 0.3) is 11.1 Å². The minimum atomic E-state index is 0.583. The third-order valence-electron chi connectivity index (χ3n) is 2.85. The van der Waals surface area contributed by atoms with Gasteiger partial charge in [-0.1, -0.05) is 19.9 Å². The van der Waals surface area contributed by atoms with Crippen molar-refractivity contribution in [3.05, 3.63) is 41.7 Å². The van der Waals surface area contributed by atoms with Crippen LogP contribution in [0, 0.1) is 24.2 Å². The third kappa shape index (κ3) is 2.60. The average Bonchev–Trinajstić information content (AvgIpc) is 2.76. The van der Waals surface area contributed by atoms with Crippen molar-refractivity contribution in [3.63, 3.8) is 0 Å². The maximum absolute atomic E-state index is 8.86. The summed E-state index contributed by atoms with van der Waals surface area (Å²) in [6.07, 6.45) is 3.95. The number of benzene rings is 1. The Morgan fingerprint density at radius 1 is 1.39 bits per heavy atom. The summed E-state index contributed by atoms with van der Waals surface area (Å²) in [5.41, 5.74) is 4.06. The van der Waals surface area contributed by atoms with E-state index in [1.165, 1.54) is 0 Å². The molecule has 2 rings (SSSR count). The molecule has 18 heavy (non-hydrogen) atoms. The number of aromatic nitrogens is 2. The maximum Gasteiger partial charge on any atom is 0.0991 e. The molecule has 1 aromatic heterocycles. The minimum absolute atomic E-state index is 0.583. The Morgan fingerprint density at radius 2 is 2.17 bits per heavy atom. The fourth-order valence-corrected chi connectivity index (χ4v) is 2.03. The second-order valence-electron chi connectivity index (χ2n) is 4.99. The molecule has 0 radical (unpaired) electrons. The Labute approximate surface area is 108 Å². The molecular formula is C15H17N3. The Kier molecular flexibility index (Phi) is 3.47. The standard InChI is InChI=1S/C15H17N3/c1-11(2)9-18-10-14(8-17-18)15-5-4-13(7-16)6-12(15)3/h4-6,8,10-11H,9H2,1-3H3. The molecule has 1 heterocycles. The van der Waals surface area contributed by atoms with E-state index in [9.17, 15) is 0 Å². The van der Waals surface area contributed by atoms with Gasteiger partial charge in [0.05, 0.1) is 17.8 Å². The van der Waals surface area contributed by atoms with Crippen LogP contribution in [0.5, 0.6) is 0 Å². The summed E-state index contributed by atoms with van der Waals surface area (Å²) in [4.78, 5) is 0. The maximum atomic E-state index is 8.86. The largest absolute Gasteiger partial charge is 0.272 e. The molecule has 0 atom stereocenters. The Balaban J connectivity index is 2.32. The molecule has 0 aliphatic rings. The van der Waals surface area contributed by atoms with Crippen LogP contribution in [-0.4, -0.2) is 9.78 Å². The lowest BCUT2D eigenvalue weighted by atomic mass is 10.0. The average molecular weight is 239 g/mol. The second-order valence-corrected chi connectivity index (χ2v) is 4.99. The third-order valence-corrected chi connectivity index (χ3v) is 2.85. The number of nitrogens with zero attached hydrogens (tertiary/aromatic N) is 3. The highest BCUT2D eigenvalue weighted by Gasteiger charge is 2.06.